The lowest BCUT2D eigenvalue weighted by Crippen LogP contribution is -2.24. The Labute approximate surface area is 183 Å². The predicted octanol–water partition coefficient (Wildman–Crippen LogP) is 3.86. The van der Waals surface area contributed by atoms with Gasteiger partial charge in [0.05, 0.1) is 11.6 Å². The molecule has 3 aromatic rings. The number of fused-ring (bicyclic) bond motifs is 1. The Morgan fingerprint density at radius 2 is 1.68 bits per heavy atom. The molecule has 1 aliphatic carbocycles. The van der Waals surface area contributed by atoms with Crippen LogP contribution in [-0.2, 0) is 11.2 Å². The maximum atomic E-state index is 12.9. The summed E-state index contributed by atoms with van der Waals surface area (Å²) < 4.78 is 0. The monoisotopic (exact) mass is 434 g/mol. The zero-order valence-electron chi connectivity index (χ0n) is 17.0. The molecule has 158 valence electrons. The number of hydrogen-bond donors (Lipinski definition) is 3. The summed E-state index contributed by atoms with van der Waals surface area (Å²) in [6.45, 7) is 1.97. The smallest absolute Gasteiger partial charge is 0.257 e. The summed E-state index contributed by atoms with van der Waals surface area (Å²) in [5, 5.41) is 6.24. The molecule has 2 aromatic carbocycles. The van der Waals surface area contributed by atoms with Crippen LogP contribution in [0.25, 0.3) is 0 Å². The van der Waals surface area contributed by atoms with E-state index in [1.807, 2.05) is 19.1 Å². The molecule has 1 atom stereocenters. The molecule has 0 radical (unpaired) electrons. The van der Waals surface area contributed by atoms with Crippen molar-refractivity contribution in [2.75, 3.05) is 10.6 Å². The van der Waals surface area contributed by atoms with E-state index in [1.54, 1.807) is 36.4 Å². The normalized spacial score (nSPS) is 15.1. The van der Waals surface area contributed by atoms with Crippen LogP contribution in [0.3, 0.4) is 0 Å². The molecule has 0 fully saturated rings. The Morgan fingerprint density at radius 1 is 1.00 bits per heavy atom. The maximum Gasteiger partial charge on any atom is 0.257 e. The highest BCUT2D eigenvalue weighted by Crippen LogP contribution is 2.37. The van der Waals surface area contributed by atoms with Gasteiger partial charge >= 0.3 is 0 Å². The fourth-order valence-corrected chi connectivity index (χ4v) is 4.61. The number of hydrogen-bond acceptors (Lipinski definition) is 5. The van der Waals surface area contributed by atoms with Crippen molar-refractivity contribution in [3.05, 3.63) is 75.8 Å². The lowest BCUT2D eigenvalue weighted by atomic mass is 9.90. The molecule has 1 aliphatic rings. The molecule has 0 bridgehead atoms. The van der Waals surface area contributed by atoms with Crippen LogP contribution in [0.1, 0.15) is 55.6 Å². The lowest BCUT2D eigenvalue weighted by molar-refractivity contribution is -0.117. The first-order valence-corrected chi connectivity index (χ1v) is 10.8. The zero-order chi connectivity index (χ0) is 22.0. The minimum Gasteiger partial charge on any atom is -0.366 e. The Morgan fingerprint density at radius 3 is 2.35 bits per heavy atom. The summed E-state index contributed by atoms with van der Waals surface area (Å²) >= 11 is 1.42. The van der Waals surface area contributed by atoms with Crippen LogP contribution in [0.15, 0.2) is 48.5 Å². The molecule has 1 unspecified atom stereocenters. The maximum absolute atomic E-state index is 12.9. The van der Waals surface area contributed by atoms with E-state index in [0.29, 0.717) is 28.4 Å². The highest BCUT2D eigenvalue weighted by atomic mass is 32.1. The fraction of sp³-hybridized carbons (Fsp3) is 0.217. The minimum atomic E-state index is -0.516. The Kier molecular flexibility index (Phi) is 5.81. The van der Waals surface area contributed by atoms with E-state index in [4.69, 9.17) is 5.73 Å². The van der Waals surface area contributed by atoms with Crippen LogP contribution < -0.4 is 16.4 Å². The Hall–Kier alpha value is -3.52. The molecule has 0 saturated heterocycles. The van der Waals surface area contributed by atoms with Gasteiger partial charge in [0.1, 0.15) is 0 Å². The third-order valence-electron chi connectivity index (χ3n) is 5.24. The predicted molar refractivity (Wildman–Crippen MR) is 121 cm³/mol. The molecule has 1 heterocycles. The molecule has 0 aliphatic heterocycles. The first-order chi connectivity index (χ1) is 14.9. The van der Waals surface area contributed by atoms with Crippen molar-refractivity contribution in [3.8, 4) is 0 Å². The number of nitrogens with zero attached hydrogens (tertiary/aromatic N) is 1. The van der Waals surface area contributed by atoms with Gasteiger partial charge in [-0.1, -0.05) is 17.7 Å². The largest absolute Gasteiger partial charge is 0.366 e. The quantitative estimate of drug-likeness (QED) is 0.566. The second kappa shape index (κ2) is 8.69. The van der Waals surface area contributed by atoms with Crippen LogP contribution >= 0.6 is 11.3 Å². The van der Waals surface area contributed by atoms with Crippen molar-refractivity contribution >= 4 is 39.9 Å². The average Bonchev–Trinajstić information content (AvgIpc) is 3.16. The van der Waals surface area contributed by atoms with Crippen LogP contribution in [0.5, 0.6) is 0 Å². The van der Waals surface area contributed by atoms with Crippen molar-refractivity contribution in [2.24, 2.45) is 5.73 Å². The summed E-state index contributed by atoms with van der Waals surface area (Å²) in [5.41, 5.74) is 8.59. The molecule has 8 heteroatoms. The lowest BCUT2D eigenvalue weighted by Gasteiger charge is -2.20. The van der Waals surface area contributed by atoms with Crippen molar-refractivity contribution in [1.29, 1.82) is 0 Å². The molecule has 3 amide bonds. The number of carbonyl (C=O) groups is 3. The molecule has 1 aromatic heterocycles. The molecular weight excluding hydrogens is 412 g/mol. The van der Waals surface area contributed by atoms with Crippen molar-refractivity contribution < 1.29 is 14.4 Å². The number of rotatable bonds is 5. The highest BCUT2D eigenvalue weighted by Gasteiger charge is 2.30. The molecule has 4 N–H and O–H groups in total. The van der Waals surface area contributed by atoms with E-state index in [0.717, 1.165) is 29.0 Å². The molecule has 7 nitrogen and oxygen atoms in total. The number of aryl methyl sites for hydroxylation is 2. The number of thiazole rings is 1. The summed E-state index contributed by atoms with van der Waals surface area (Å²) in [4.78, 5) is 42.2. The SMILES string of the molecule is Cc1ccc(C(=O)Nc2nc3c(s2)CCCC3C(=O)Nc2ccc(C(N)=O)cc2)cc1. The van der Waals surface area contributed by atoms with Crippen molar-refractivity contribution in [2.45, 2.75) is 32.1 Å². The molecule has 4 rings (SSSR count). The summed E-state index contributed by atoms with van der Waals surface area (Å²) in [7, 11) is 0. The third kappa shape index (κ3) is 4.64. The second-order valence-electron chi connectivity index (χ2n) is 7.52. The number of benzene rings is 2. The summed E-state index contributed by atoms with van der Waals surface area (Å²) in [6, 6.07) is 13.8. The van der Waals surface area contributed by atoms with E-state index in [9.17, 15) is 14.4 Å². The number of primary amides is 1. The second-order valence-corrected chi connectivity index (χ2v) is 8.61. The van der Waals surface area contributed by atoms with Crippen LogP contribution in [-0.4, -0.2) is 22.7 Å². The van der Waals surface area contributed by atoms with Crippen molar-refractivity contribution in [3.63, 3.8) is 0 Å². The average molecular weight is 435 g/mol. The zero-order valence-corrected chi connectivity index (χ0v) is 17.8. The molecular formula is C23H22N4O3S. The first-order valence-electron chi connectivity index (χ1n) is 9.99. The standard InChI is InChI=1S/C23H22N4O3S/c1-13-5-7-15(8-6-13)21(29)27-23-26-19-17(3-2-4-18(19)31-23)22(30)25-16-11-9-14(10-12-16)20(24)28/h5-12,17H,2-4H2,1H3,(H2,24,28)(H,25,30)(H,26,27,29). The number of anilines is 2. The summed E-state index contributed by atoms with van der Waals surface area (Å²) in [6.07, 6.45) is 2.40. The molecule has 0 spiro atoms. The van der Waals surface area contributed by atoms with Crippen LogP contribution in [0.4, 0.5) is 10.8 Å². The number of aromatic nitrogens is 1. The van der Waals surface area contributed by atoms with Crippen molar-refractivity contribution in [1.82, 2.24) is 4.98 Å². The van der Waals surface area contributed by atoms with E-state index in [2.05, 4.69) is 15.6 Å². The Balaban J connectivity index is 1.48. The molecule has 31 heavy (non-hydrogen) atoms. The van der Waals surface area contributed by atoms with E-state index in [1.165, 1.54) is 11.3 Å². The van der Waals surface area contributed by atoms with Gasteiger partial charge in [0.2, 0.25) is 11.8 Å². The van der Waals surface area contributed by atoms with Crippen LogP contribution in [0.2, 0.25) is 0 Å². The number of nitrogens with two attached hydrogens (primary N) is 1. The van der Waals surface area contributed by atoms with Gasteiger partial charge in [-0.05, 0) is 62.6 Å². The topological polar surface area (TPSA) is 114 Å². The van der Waals surface area contributed by atoms with Crippen LogP contribution in [0, 0.1) is 6.92 Å². The van der Waals surface area contributed by atoms with Gasteiger partial charge in [-0.15, -0.1) is 11.3 Å². The van der Waals surface area contributed by atoms with Gasteiger partial charge in [-0.2, -0.15) is 0 Å². The van der Waals surface area contributed by atoms with E-state index in [-0.39, 0.29) is 17.7 Å². The number of nitrogens with one attached hydrogen (secondary N) is 2. The third-order valence-corrected chi connectivity index (χ3v) is 6.29. The van der Waals surface area contributed by atoms with E-state index < -0.39 is 5.91 Å². The fourth-order valence-electron chi connectivity index (χ4n) is 3.55. The van der Waals surface area contributed by atoms with Gasteiger partial charge < -0.3 is 11.1 Å². The number of amides is 3. The van der Waals surface area contributed by atoms with Gasteiger partial charge in [0.25, 0.3) is 5.91 Å². The van der Waals surface area contributed by atoms with Gasteiger partial charge in [-0.25, -0.2) is 4.98 Å². The Bertz CT molecular complexity index is 1140. The minimum absolute atomic E-state index is 0.158. The molecule has 0 saturated carbocycles. The van der Waals surface area contributed by atoms with Gasteiger partial charge in [0.15, 0.2) is 5.13 Å². The van der Waals surface area contributed by atoms with Gasteiger partial charge in [0, 0.05) is 21.7 Å². The van der Waals surface area contributed by atoms with Gasteiger partial charge in [-0.3, -0.25) is 19.7 Å². The highest BCUT2D eigenvalue weighted by molar-refractivity contribution is 7.16. The van der Waals surface area contributed by atoms with E-state index >= 15 is 0 Å². The summed E-state index contributed by atoms with van der Waals surface area (Å²) in [5.74, 6) is -1.28. The number of carbonyl (C=O) groups excluding carboxylic acids is 3. The first kappa shape index (κ1) is 20.7.